The van der Waals surface area contributed by atoms with Crippen LogP contribution in [0.4, 0.5) is 8.78 Å². The molecular weight excluding hydrogens is 202 g/mol. The van der Waals surface area contributed by atoms with Crippen molar-refractivity contribution in [3.63, 3.8) is 0 Å². The van der Waals surface area contributed by atoms with E-state index in [0.29, 0.717) is 5.82 Å². The number of benzene rings is 1. The quantitative estimate of drug-likeness (QED) is 0.783. The topological polar surface area (TPSA) is 45.8 Å². The molecule has 2 rings (SSSR count). The summed E-state index contributed by atoms with van der Waals surface area (Å²) in [7, 11) is 0. The molecule has 15 heavy (non-hydrogen) atoms. The molecule has 1 heterocycles. The lowest BCUT2D eigenvalue weighted by molar-refractivity contribution is 0.153. The van der Waals surface area contributed by atoms with Gasteiger partial charge in [0.25, 0.3) is 12.0 Å². The number of halogens is 2. The predicted molar refractivity (Wildman–Crippen MR) is 52.1 cm³/mol. The van der Waals surface area contributed by atoms with E-state index in [4.69, 9.17) is 0 Å². The van der Waals surface area contributed by atoms with Gasteiger partial charge in [-0.15, -0.1) is 0 Å². The molecule has 1 N–H and O–H groups in total. The minimum atomic E-state index is -2.62. The van der Waals surface area contributed by atoms with Gasteiger partial charge in [0, 0.05) is 5.56 Å². The van der Waals surface area contributed by atoms with Gasteiger partial charge in [-0.2, -0.15) is 0 Å². The number of hydrogen-bond acceptors (Lipinski definition) is 2. The summed E-state index contributed by atoms with van der Waals surface area (Å²) in [5.41, 5.74) is -0.518. The van der Waals surface area contributed by atoms with Crippen LogP contribution in [-0.2, 0) is 0 Å². The Bertz CT molecular complexity index is 563. The van der Waals surface area contributed by atoms with Gasteiger partial charge in [0.1, 0.15) is 5.82 Å². The third-order valence-corrected chi connectivity index (χ3v) is 2.12. The molecule has 0 saturated heterocycles. The molecule has 0 amide bonds. The number of alkyl halides is 2. The number of rotatable bonds is 1. The van der Waals surface area contributed by atoms with E-state index in [1.54, 1.807) is 6.92 Å². The SMILES string of the molecule is Cc1nc2c(C(F)F)cccc2c(=O)[nH]1. The zero-order chi connectivity index (χ0) is 11.0. The van der Waals surface area contributed by atoms with Crippen molar-refractivity contribution in [3.05, 3.63) is 39.9 Å². The van der Waals surface area contributed by atoms with Gasteiger partial charge in [0.2, 0.25) is 0 Å². The van der Waals surface area contributed by atoms with Gasteiger partial charge in [0.15, 0.2) is 0 Å². The van der Waals surface area contributed by atoms with Gasteiger partial charge < -0.3 is 4.98 Å². The molecule has 5 heteroatoms. The van der Waals surface area contributed by atoms with Crippen molar-refractivity contribution in [2.75, 3.05) is 0 Å². The Kier molecular flexibility index (Phi) is 2.22. The number of aromatic nitrogens is 2. The van der Waals surface area contributed by atoms with E-state index in [0.717, 1.165) is 0 Å². The number of fused-ring (bicyclic) bond motifs is 1. The summed E-state index contributed by atoms with van der Waals surface area (Å²) in [5, 5.41) is 0.193. The first-order valence-electron chi connectivity index (χ1n) is 4.37. The highest BCUT2D eigenvalue weighted by Crippen LogP contribution is 2.24. The molecule has 0 aliphatic rings. The number of para-hydroxylation sites is 1. The maximum absolute atomic E-state index is 12.6. The number of nitrogens with one attached hydrogen (secondary N) is 1. The van der Waals surface area contributed by atoms with Crippen molar-refractivity contribution < 1.29 is 8.78 Å². The normalized spacial score (nSPS) is 11.2. The average molecular weight is 210 g/mol. The molecule has 78 valence electrons. The Morgan fingerprint density at radius 2 is 2.13 bits per heavy atom. The van der Waals surface area contributed by atoms with Crippen LogP contribution in [0.25, 0.3) is 10.9 Å². The number of aromatic amines is 1. The van der Waals surface area contributed by atoms with E-state index in [9.17, 15) is 13.6 Å². The second-order valence-corrected chi connectivity index (χ2v) is 3.20. The van der Waals surface area contributed by atoms with Gasteiger partial charge in [-0.05, 0) is 13.0 Å². The maximum Gasteiger partial charge on any atom is 0.265 e. The predicted octanol–water partition coefficient (Wildman–Crippen LogP) is 2.17. The minimum Gasteiger partial charge on any atom is -0.310 e. The largest absolute Gasteiger partial charge is 0.310 e. The van der Waals surface area contributed by atoms with Gasteiger partial charge in [-0.1, -0.05) is 12.1 Å². The summed E-state index contributed by atoms with van der Waals surface area (Å²) in [6.07, 6.45) is -2.62. The van der Waals surface area contributed by atoms with Gasteiger partial charge in [0.05, 0.1) is 10.9 Å². The molecule has 0 aliphatic carbocycles. The van der Waals surface area contributed by atoms with Crippen LogP contribution in [0.1, 0.15) is 17.8 Å². The summed E-state index contributed by atoms with van der Waals surface area (Å²) in [5.74, 6) is 0.334. The molecule has 3 nitrogen and oxygen atoms in total. The first-order chi connectivity index (χ1) is 7.09. The second-order valence-electron chi connectivity index (χ2n) is 3.20. The Hall–Kier alpha value is -1.78. The summed E-state index contributed by atoms with van der Waals surface area (Å²) >= 11 is 0. The summed E-state index contributed by atoms with van der Waals surface area (Å²) in [6.45, 7) is 1.56. The first kappa shape index (κ1) is 9.76. The third kappa shape index (κ3) is 1.60. The van der Waals surface area contributed by atoms with Crippen molar-refractivity contribution in [2.24, 2.45) is 0 Å². The molecule has 0 bridgehead atoms. The molecule has 1 aromatic carbocycles. The Labute approximate surface area is 83.8 Å². The zero-order valence-electron chi connectivity index (χ0n) is 7.92. The molecule has 0 fully saturated rings. The fourth-order valence-corrected chi connectivity index (χ4v) is 1.47. The molecule has 2 aromatic rings. The van der Waals surface area contributed by atoms with Crippen LogP contribution in [0.5, 0.6) is 0 Å². The summed E-state index contributed by atoms with van der Waals surface area (Å²) < 4.78 is 25.2. The van der Waals surface area contributed by atoms with E-state index in [1.807, 2.05) is 0 Å². The van der Waals surface area contributed by atoms with Crippen molar-refractivity contribution in [2.45, 2.75) is 13.3 Å². The number of hydrogen-bond donors (Lipinski definition) is 1. The van der Waals surface area contributed by atoms with Crippen molar-refractivity contribution in [1.29, 1.82) is 0 Å². The fraction of sp³-hybridized carbons (Fsp3) is 0.200. The monoisotopic (exact) mass is 210 g/mol. The average Bonchev–Trinajstić information content (AvgIpc) is 2.16. The van der Waals surface area contributed by atoms with Crippen LogP contribution in [0.3, 0.4) is 0 Å². The lowest BCUT2D eigenvalue weighted by atomic mass is 10.1. The van der Waals surface area contributed by atoms with E-state index in [2.05, 4.69) is 9.97 Å². The smallest absolute Gasteiger partial charge is 0.265 e. The first-order valence-corrected chi connectivity index (χ1v) is 4.37. The van der Waals surface area contributed by atoms with Gasteiger partial charge in [-0.25, -0.2) is 13.8 Å². The number of H-pyrrole nitrogens is 1. The van der Waals surface area contributed by atoms with Crippen LogP contribution >= 0.6 is 0 Å². The van der Waals surface area contributed by atoms with E-state index in [-0.39, 0.29) is 22.0 Å². The van der Waals surface area contributed by atoms with Crippen molar-refractivity contribution in [1.82, 2.24) is 9.97 Å². The highest BCUT2D eigenvalue weighted by molar-refractivity contribution is 5.81. The lowest BCUT2D eigenvalue weighted by Gasteiger charge is -2.04. The Morgan fingerprint density at radius 1 is 1.40 bits per heavy atom. The van der Waals surface area contributed by atoms with Gasteiger partial charge >= 0.3 is 0 Å². The fourth-order valence-electron chi connectivity index (χ4n) is 1.47. The Morgan fingerprint density at radius 3 is 2.80 bits per heavy atom. The molecule has 0 aliphatic heterocycles. The van der Waals surface area contributed by atoms with Crippen molar-refractivity contribution >= 4 is 10.9 Å². The van der Waals surface area contributed by atoms with Crippen LogP contribution in [0, 0.1) is 6.92 Å². The molecular formula is C10H8F2N2O. The molecule has 0 radical (unpaired) electrons. The third-order valence-electron chi connectivity index (χ3n) is 2.12. The number of nitrogens with zero attached hydrogens (tertiary/aromatic N) is 1. The van der Waals surface area contributed by atoms with Crippen LogP contribution in [-0.4, -0.2) is 9.97 Å². The van der Waals surface area contributed by atoms with E-state index in [1.165, 1.54) is 18.2 Å². The summed E-state index contributed by atoms with van der Waals surface area (Å²) in [6, 6.07) is 4.18. The van der Waals surface area contributed by atoms with Crippen LogP contribution in [0.15, 0.2) is 23.0 Å². The highest BCUT2D eigenvalue weighted by Gasteiger charge is 2.13. The van der Waals surface area contributed by atoms with E-state index < -0.39 is 6.43 Å². The van der Waals surface area contributed by atoms with Gasteiger partial charge in [-0.3, -0.25) is 4.79 Å². The molecule has 0 unspecified atom stereocenters. The lowest BCUT2D eigenvalue weighted by Crippen LogP contribution is -2.10. The molecule has 1 aromatic heterocycles. The maximum atomic E-state index is 12.6. The number of aryl methyl sites for hydroxylation is 1. The zero-order valence-corrected chi connectivity index (χ0v) is 7.92. The molecule has 0 atom stereocenters. The molecule has 0 spiro atoms. The summed E-state index contributed by atoms with van der Waals surface area (Å²) in [4.78, 5) is 17.8. The van der Waals surface area contributed by atoms with E-state index >= 15 is 0 Å². The second kappa shape index (κ2) is 3.42. The van der Waals surface area contributed by atoms with Crippen molar-refractivity contribution in [3.8, 4) is 0 Å². The van der Waals surface area contributed by atoms with Crippen LogP contribution in [0.2, 0.25) is 0 Å². The minimum absolute atomic E-state index is 0.0775. The molecule has 0 saturated carbocycles. The van der Waals surface area contributed by atoms with Crippen LogP contribution < -0.4 is 5.56 Å². The Balaban J connectivity index is 2.91. The highest BCUT2D eigenvalue weighted by atomic mass is 19.3. The standard InChI is InChI=1S/C10H8F2N2O/c1-5-13-8-6(9(11)12)3-2-4-7(8)10(15)14-5/h2-4,9H,1H3,(H,13,14,15).